The minimum atomic E-state index is 0.0182. The van der Waals surface area contributed by atoms with Crippen molar-refractivity contribution in [1.29, 1.82) is 0 Å². The first-order valence-electron chi connectivity index (χ1n) is 5.65. The Balaban J connectivity index is 2.33. The number of hydrogen-bond acceptors (Lipinski definition) is 2. The van der Waals surface area contributed by atoms with Crippen molar-refractivity contribution in [2.45, 2.75) is 51.5 Å². The van der Waals surface area contributed by atoms with Crippen LogP contribution in [0.1, 0.15) is 46.0 Å². The highest BCUT2D eigenvalue weighted by atomic mass is 15.1. The maximum Gasteiger partial charge on any atom is 0.0252 e. The third-order valence-corrected chi connectivity index (χ3v) is 3.09. The van der Waals surface area contributed by atoms with Gasteiger partial charge in [0, 0.05) is 12.1 Å². The normalized spacial score (nSPS) is 25.2. The molecule has 0 amide bonds. The van der Waals surface area contributed by atoms with Crippen LogP contribution in [0.4, 0.5) is 0 Å². The van der Waals surface area contributed by atoms with Gasteiger partial charge in [0.1, 0.15) is 0 Å². The van der Waals surface area contributed by atoms with Gasteiger partial charge in [-0.1, -0.05) is 19.8 Å². The van der Waals surface area contributed by atoms with E-state index < -0.39 is 0 Å². The van der Waals surface area contributed by atoms with Crippen LogP contribution in [0.3, 0.4) is 0 Å². The molecule has 0 bridgehead atoms. The lowest BCUT2D eigenvalue weighted by atomic mass is 10.00. The van der Waals surface area contributed by atoms with E-state index in [1.807, 2.05) is 0 Å². The van der Waals surface area contributed by atoms with Gasteiger partial charge in [-0.3, -0.25) is 0 Å². The molecule has 0 aliphatic carbocycles. The van der Waals surface area contributed by atoms with Gasteiger partial charge in [-0.2, -0.15) is 0 Å². The maximum atomic E-state index is 6.16. The van der Waals surface area contributed by atoms with E-state index in [1.165, 1.54) is 38.8 Å². The van der Waals surface area contributed by atoms with E-state index in [0.717, 1.165) is 13.0 Å². The number of nitrogens with zero attached hydrogens (tertiary/aromatic N) is 1. The van der Waals surface area contributed by atoms with Crippen molar-refractivity contribution in [2.75, 3.05) is 19.6 Å². The zero-order valence-corrected chi connectivity index (χ0v) is 9.18. The zero-order valence-electron chi connectivity index (χ0n) is 9.18. The average Bonchev–Trinajstić information content (AvgIpc) is 2.32. The molecule has 1 fully saturated rings. The van der Waals surface area contributed by atoms with Gasteiger partial charge in [-0.15, -0.1) is 0 Å². The molecule has 78 valence electrons. The van der Waals surface area contributed by atoms with E-state index in [-0.39, 0.29) is 5.54 Å². The Kier molecular flexibility index (Phi) is 4.20. The largest absolute Gasteiger partial charge is 0.324 e. The van der Waals surface area contributed by atoms with Gasteiger partial charge in [-0.25, -0.2) is 0 Å². The summed E-state index contributed by atoms with van der Waals surface area (Å²) in [5.74, 6) is 0. The molecule has 0 aromatic rings. The third kappa shape index (κ3) is 4.10. The van der Waals surface area contributed by atoms with Crippen LogP contribution >= 0.6 is 0 Å². The topological polar surface area (TPSA) is 29.3 Å². The first-order valence-corrected chi connectivity index (χ1v) is 5.65. The van der Waals surface area contributed by atoms with Gasteiger partial charge in [0.2, 0.25) is 0 Å². The number of hydrogen-bond donors (Lipinski definition) is 1. The minimum absolute atomic E-state index is 0.0182. The van der Waals surface area contributed by atoms with Gasteiger partial charge in [0.25, 0.3) is 0 Å². The third-order valence-electron chi connectivity index (χ3n) is 3.09. The van der Waals surface area contributed by atoms with Crippen LogP contribution in [0.2, 0.25) is 0 Å². The molecule has 1 aliphatic rings. The lowest BCUT2D eigenvalue weighted by molar-refractivity contribution is 0.220. The second-order valence-electron chi connectivity index (χ2n) is 4.70. The molecule has 0 aromatic carbocycles. The summed E-state index contributed by atoms with van der Waals surface area (Å²) in [5.41, 5.74) is 6.17. The molecule has 1 unspecified atom stereocenters. The Morgan fingerprint density at radius 2 is 1.69 bits per heavy atom. The summed E-state index contributed by atoms with van der Waals surface area (Å²) in [6.07, 6.45) is 6.61. The Morgan fingerprint density at radius 3 is 2.15 bits per heavy atom. The molecule has 1 heterocycles. The predicted molar refractivity (Wildman–Crippen MR) is 57.8 cm³/mol. The van der Waals surface area contributed by atoms with E-state index in [2.05, 4.69) is 18.7 Å². The smallest absolute Gasteiger partial charge is 0.0252 e. The Bertz CT molecular complexity index is 135. The van der Waals surface area contributed by atoms with Crippen LogP contribution in [0, 0.1) is 0 Å². The van der Waals surface area contributed by atoms with E-state index in [4.69, 9.17) is 5.73 Å². The van der Waals surface area contributed by atoms with Crippen LogP contribution in [0.15, 0.2) is 0 Å². The molecule has 2 nitrogen and oxygen atoms in total. The molecule has 0 aromatic heterocycles. The van der Waals surface area contributed by atoms with Crippen molar-refractivity contribution in [2.24, 2.45) is 5.73 Å². The first kappa shape index (κ1) is 11.0. The second-order valence-corrected chi connectivity index (χ2v) is 4.70. The summed E-state index contributed by atoms with van der Waals surface area (Å²) < 4.78 is 0. The maximum absolute atomic E-state index is 6.16. The van der Waals surface area contributed by atoms with Crippen molar-refractivity contribution in [3.63, 3.8) is 0 Å². The highest BCUT2D eigenvalue weighted by Crippen LogP contribution is 2.13. The monoisotopic (exact) mass is 184 g/mol. The molecule has 1 rings (SSSR count). The fraction of sp³-hybridized carbons (Fsp3) is 1.00. The average molecular weight is 184 g/mol. The predicted octanol–water partition coefficient (Wildman–Crippen LogP) is 1.99. The fourth-order valence-corrected chi connectivity index (χ4v) is 1.92. The highest BCUT2D eigenvalue weighted by Gasteiger charge is 2.20. The summed E-state index contributed by atoms with van der Waals surface area (Å²) >= 11 is 0. The van der Waals surface area contributed by atoms with Crippen molar-refractivity contribution in [3.05, 3.63) is 0 Å². The first-order chi connectivity index (χ1) is 6.14. The quantitative estimate of drug-likeness (QED) is 0.727. The lowest BCUT2D eigenvalue weighted by Crippen LogP contribution is -2.47. The van der Waals surface area contributed by atoms with Gasteiger partial charge >= 0.3 is 0 Å². The molecular weight excluding hydrogens is 160 g/mol. The van der Waals surface area contributed by atoms with Gasteiger partial charge in [-0.05, 0) is 39.3 Å². The summed E-state index contributed by atoms with van der Waals surface area (Å²) in [5, 5.41) is 0. The molecule has 0 saturated carbocycles. The van der Waals surface area contributed by atoms with Crippen LogP contribution in [0.25, 0.3) is 0 Å². The van der Waals surface area contributed by atoms with Crippen molar-refractivity contribution < 1.29 is 0 Å². The summed E-state index contributed by atoms with van der Waals surface area (Å²) in [6.45, 7) is 7.93. The Labute approximate surface area is 82.5 Å². The van der Waals surface area contributed by atoms with E-state index in [0.29, 0.717) is 0 Å². The molecule has 1 aliphatic heterocycles. The minimum Gasteiger partial charge on any atom is -0.324 e. The van der Waals surface area contributed by atoms with Crippen LogP contribution in [-0.4, -0.2) is 30.1 Å². The fourth-order valence-electron chi connectivity index (χ4n) is 1.92. The Hall–Kier alpha value is -0.0800. The summed E-state index contributed by atoms with van der Waals surface area (Å²) in [4.78, 5) is 2.54. The van der Waals surface area contributed by atoms with Gasteiger partial charge in [0.15, 0.2) is 0 Å². The molecule has 2 heteroatoms. The molecule has 2 N–H and O–H groups in total. The van der Waals surface area contributed by atoms with Gasteiger partial charge < -0.3 is 10.6 Å². The highest BCUT2D eigenvalue weighted by molar-refractivity contribution is 4.81. The summed E-state index contributed by atoms with van der Waals surface area (Å²) in [7, 11) is 0. The standard InChI is InChI=1S/C11H24N2/c1-3-11(2,12)10-13-8-6-4-5-7-9-13/h3-10,12H2,1-2H3. The van der Waals surface area contributed by atoms with Crippen LogP contribution in [-0.2, 0) is 0 Å². The van der Waals surface area contributed by atoms with E-state index >= 15 is 0 Å². The van der Waals surface area contributed by atoms with E-state index in [1.54, 1.807) is 0 Å². The SMILES string of the molecule is CCC(C)(N)CN1CCCCCC1. The molecule has 13 heavy (non-hydrogen) atoms. The molecule has 0 radical (unpaired) electrons. The lowest BCUT2D eigenvalue weighted by Gasteiger charge is -2.30. The summed E-state index contributed by atoms with van der Waals surface area (Å²) in [6, 6.07) is 0. The van der Waals surface area contributed by atoms with E-state index in [9.17, 15) is 0 Å². The van der Waals surface area contributed by atoms with Crippen molar-refractivity contribution >= 4 is 0 Å². The van der Waals surface area contributed by atoms with Crippen LogP contribution < -0.4 is 5.73 Å². The van der Waals surface area contributed by atoms with Crippen molar-refractivity contribution in [1.82, 2.24) is 4.90 Å². The van der Waals surface area contributed by atoms with Gasteiger partial charge in [0.05, 0.1) is 0 Å². The van der Waals surface area contributed by atoms with Crippen LogP contribution in [0.5, 0.6) is 0 Å². The molecule has 1 saturated heterocycles. The second kappa shape index (κ2) is 4.97. The zero-order chi connectivity index (χ0) is 9.73. The number of nitrogens with two attached hydrogens (primary N) is 1. The molecule has 1 atom stereocenters. The molecule has 0 spiro atoms. The number of likely N-dealkylation sites (tertiary alicyclic amines) is 1. The number of rotatable bonds is 3. The molecular formula is C11H24N2. The Morgan fingerprint density at radius 1 is 1.15 bits per heavy atom. The van der Waals surface area contributed by atoms with Crippen molar-refractivity contribution in [3.8, 4) is 0 Å².